The van der Waals surface area contributed by atoms with Gasteiger partial charge in [-0.2, -0.15) is 5.26 Å². The first-order valence-electron chi connectivity index (χ1n) is 11.3. The lowest BCUT2D eigenvalue weighted by molar-refractivity contribution is 0.416. The van der Waals surface area contributed by atoms with Crippen LogP contribution in [0.15, 0.2) is 90.3 Å². The van der Waals surface area contributed by atoms with Crippen molar-refractivity contribution in [1.82, 2.24) is 15.0 Å². The number of methoxy groups -OCH3 is 1. The zero-order valence-electron chi connectivity index (χ0n) is 20.0. The van der Waals surface area contributed by atoms with Crippen LogP contribution in [0.1, 0.15) is 11.1 Å². The number of anilines is 1. The number of nitriles is 1. The maximum Gasteiger partial charge on any atom is 0.263 e. The van der Waals surface area contributed by atoms with Crippen molar-refractivity contribution in [2.45, 2.75) is 11.8 Å². The van der Waals surface area contributed by atoms with Crippen molar-refractivity contribution in [3.8, 4) is 34.2 Å². The Labute approximate surface area is 214 Å². The average molecular weight is 508 g/mol. The van der Waals surface area contributed by atoms with E-state index in [-0.39, 0.29) is 10.7 Å². The number of ether oxygens (including phenoxy) is 1. The van der Waals surface area contributed by atoms with Crippen LogP contribution in [0.2, 0.25) is 0 Å². The number of benzene rings is 3. The number of pyridine rings is 1. The first-order valence-corrected chi connectivity index (χ1v) is 12.7. The monoisotopic (exact) mass is 507 g/mol. The minimum atomic E-state index is -3.87. The van der Waals surface area contributed by atoms with Crippen molar-refractivity contribution in [3.63, 3.8) is 0 Å². The van der Waals surface area contributed by atoms with Crippen LogP contribution < -0.4 is 9.46 Å². The first-order chi connectivity index (χ1) is 17.9. The molecule has 1 N–H and O–H groups in total. The van der Waals surface area contributed by atoms with E-state index in [0.29, 0.717) is 33.3 Å². The molecule has 0 unspecified atom stereocenters. The van der Waals surface area contributed by atoms with Gasteiger partial charge in [0.25, 0.3) is 10.0 Å². The Morgan fingerprint density at radius 2 is 1.81 bits per heavy atom. The number of rotatable bonds is 6. The maximum atomic E-state index is 12.9. The van der Waals surface area contributed by atoms with E-state index in [1.54, 1.807) is 37.6 Å². The number of hydrogen-bond donors (Lipinski definition) is 1. The number of sulfonamides is 1. The summed E-state index contributed by atoms with van der Waals surface area (Å²) in [6.45, 7) is 2.00. The molecular formula is C28H21N5O3S. The molecule has 0 fully saturated rings. The van der Waals surface area contributed by atoms with Gasteiger partial charge in [0, 0.05) is 28.9 Å². The molecule has 0 amide bonds. The third-order valence-corrected chi connectivity index (χ3v) is 7.26. The first kappa shape index (κ1) is 23.9. The zero-order valence-corrected chi connectivity index (χ0v) is 20.8. The predicted molar refractivity (Wildman–Crippen MR) is 141 cm³/mol. The lowest BCUT2D eigenvalue weighted by Crippen LogP contribution is -2.13. The third kappa shape index (κ3) is 4.70. The van der Waals surface area contributed by atoms with Gasteiger partial charge >= 0.3 is 0 Å². The van der Waals surface area contributed by atoms with Gasteiger partial charge in [-0.1, -0.05) is 35.9 Å². The van der Waals surface area contributed by atoms with Crippen molar-refractivity contribution >= 4 is 26.6 Å². The molecule has 0 radical (unpaired) electrons. The quantitative estimate of drug-likeness (QED) is 0.329. The number of nitrogens with zero attached hydrogens (tertiary/aromatic N) is 4. The topological polar surface area (TPSA) is 118 Å². The summed E-state index contributed by atoms with van der Waals surface area (Å²) in [6.07, 6.45) is 4.32. The van der Waals surface area contributed by atoms with Gasteiger partial charge in [-0.3, -0.25) is 9.71 Å². The van der Waals surface area contributed by atoms with Gasteiger partial charge in [0.15, 0.2) is 0 Å². The van der Waals surface area contributed by atoms with Crippen LogP contribution in [0.3, 0.4) is 0 Å². The summed E-state index contributed by atoms with van der Waals surface area (Å²) in [4.78, 5) is 12.4. The highest BCUT2D eigenvalue weighted by Crippen LogP contribution is 2.39. The van der Waals surface area contributed by atoms with Crippen LogP contribution in [-0.4, -0.2) is 30.5 Å². The van der Waals surface area contributed by atoms with Gasteiger partial charge in [0.2, 0.25) is 0 Å². The molecule has 5 rings (SSSR count). The second-order valence-corrected chi connectivity index (χ2v) is 10.0. The molecule has 2 aromatic heterocycles. The molecule has 0 aliphatic rings. The van der Waals surface area contributed by atoms with Crippen LogP contribution in [0.25, 0.3) is 33.2 Å². The smallest absolute Gasteiger partial charge is 0.263 e. The summed E-state index contributed by atoms with van der Waals surface area (Å²) in [5, 5.41) is 11.3. The van der Waals surface area contributed by atoms with Crippen molar-refractivity contribution in [2.75, 3.05) is 11.8 Å². The van der Waals surface area contributed by atoms with E-state index < -0.39 is 10.0 Å². The average Bonchev–Trinajstić information content (AvgIpc) is 2.92. The Kier molecular flexibility index (Phi) is 6.26. The second-order valence-electron chi connectivity index (χ2n) is 8.32. The fraction of sp³-hybridized carbons (Fsp3) is 0.0714. The van der Waals surface area contributed by atoms with Gasteiger partial charge in [0.05, 0.1) is 29.3 Å². The molecular weight excluding hydrogens is 486 g/mol. The zero-order chi connectivity index (χ0) is 26.0. The molecule has 0 aliphatic heterocycles. The molecule has 0 saturated heterocycles. The molecule has 0 saturated carbocycles. The van der Waals surface area contributed by atoms with Gasteiger partial charge < -0.3 is 4.74 Å². The van der Waals surface area contributed by atoms with E-state index in [2.05, 4.69) is 25.7 Å². The maximum absolute atomic E-state index is 12.9. The molecule has 0 atom stereocenters. The van der Waals surface area contributed by atoms with E-state index in [1.807, 2.05) is 37.3 Å². The molecule has 5 aromatic rings. The predicted octanol–water partition coefficient (Wildman–Crippen LogP) is 5.35. The van der Waals surface area contributed by atoms with E-state index in [4.69, 9.17) is 4.74 Å². The van der Waals surface area contributed by atoms with E-state index in [0.717, 1.165) is 16.7 Å². The molecule has 0 aliphatic carbocycles. The fourth-order valence-electron chi connectivity index (χ4n) is 4.16. The van der Waals surface area contributed by atoms with Gasteiger partial charge in [-0.15, -0.1) is 0 Å². The SMILES string of the molecule is COc1cc(-c2cccc(C)c2)c(C#N)cc1-c1nccc2cc(S(=O)(=O)Nc3ccncn3)ccc12. The number of aromatic nitrogens is 3. The molecule has 2 heterocycles. The minimum absolute atomic E-state index is 0.0789. The summed E-state index contributed by atoms with van der Waals surface area (Å²) in [6, 6.07) is 21.8. The highest BCUT2D eigenvalue weighted by atomic mass is 32.2. The molecule has 3 aromatic carbocycles. The summed E-state index contributed by atoms with van der Waals surface area (Å²) < 4.78 is 34.0. The van der Waals surface area contributed by atoms with Crippen LogP contribution in [0.4, 0.5) is 5.82 Å². The number of hydrogen-bond acceptors (Lipinski definition) is 7. The highest BCUT2D eigenvalue weighted by molar-refractivity contribution is 7.92. The molecule has 37 heavy (non-hydrogen) atoms. The second kappa shape index (κ2) is 9.68. The summed E-state index contributed by atoms with van der Waals surface area (Å²) >= 11 is 0. The molecule has 9 heteroatoms. The summed E-state index contributed by atoms with van der Waals surface area (Å²) in [5.74, 6) is 0.727. The number of fused-ring (bicyclic) bond motifs is 1. The van der Waals surface area contributed by atoms with Gasteiger partial charge in [-0.05, 0) is 54.3 Å². The van der Waals surface area contributed by atoms with Crippen LogP contribution >= 0.6 is 0 Å². The highest BCUT2D eigenvalue weighted by Gasteiger charge is 2.19. The fourth-order valence-corrected chi connectivity index (χ4v) is 5.21. The van der Waals surface area contributed by atoms with E-state index in [1.165, 1.54) is 24.7 Å². The Bertz CT molecular complexity index is 1780. The van der Waals surface area contributed by atoms with Crippen LogP contribution in [-0.2, 0) is 10.0 Å². The van der Waals surface area contributed by atoms with Crippen LogP contribution in [0, 0.1) is 18.3 Å². The lowest BCUT2D eigenvalue weighted by Gasteiger charge is -2.15. The van der Waals surface area contributed by atoms with Gasteiger partial charge in [-0.25, -0.2) is 18.4 Å². The minimum Gasteiger partial charge on any atom is -0.496 e. The standard InChI is InChI=1S/C28H21N5O3S/c1-18-4-3-5-19(12-18)24-15-26(36-2)25(14-21(24)16-29)28-23-7-6-22(13-20(23)8-11-31-28)37(34,35)33-27-9-10-30-17-32-27/h3-15,17H,1-2H3,(H,30,32,33). The lowest BCUT2D eigenvalue weighted by atomic mass is 9.94. The van der Waals surface area contributed by atoms with Crippen molar-refractivity contribution < 1.29 is 13.2 Å². The van der Waals surface area contributed by atoms with Crippen molar-refractivity contribution in [1.29, 1.82) is 5.26 Å². The number of nitrogens with one attached hydrogen (secondary N) is 1. The molecule has 182 valence electrons. The summed E-state index contributed by atoms with van der Waals surface area (Å²) in [7, 11) is -2.31. The molecule has 0 spiro atoms. The normalized spacial score (nSPS) is 11.2. The van der Waals surface area contributed by atoms with E-state index >= 15 is 0 Å². The Balaban J connectivity index is 1.62. The van der Waals surface area contributed by atoms with Gasteiger partial charge in [0.1, 0.15) is 17.9 Å². The molecule has 0 bridgehead atoms. The largest absolute Gasteiger partial charge is 0.496 e. The summed E-state index contributed by atoms with van der Waals surface area (Å²) in [5.41, 5.74) is 4.45. The third-order valence-electron chi connectivity index (χ3n) is 5.91. The van der Waals surface area contributed by atoms with E-state index in [9.17, 15) is 13.7 Å². The number of aryl methyl sites for hydroxylation is 1. The van der Waals surface area contributed by atoms with Crippen molar-refractivity contribution in [3.05, 3.63) is 96.6 Å². The molecule has 8 nitrogen and oxygen atoms in total. The Morgan fingerprint density at radius 1 is 0.946 bits per heavy atom. The van der Waals surface area contributed by atoms with Crippen LogP contribution in [0.5, 0.6) is 5.75 Å². The Morgan fingerprint density at radius 3 is 2.54 bits per heavy atom. The van der Waals surface area contributed by atoms with Crippen molar-refractivity contribution in [2.24, 2.45) is 0 Å². The Hall–Kier alpha value is -4.81.